The molecule has 0 saturated carbocycles. The highest BCUT2D eigenvalue weighted by Gasteiger charge is 2.08. The monoisotopic (exact) mass is 220 g/mol. The van der Waals surface area contributed by atoms with E-state index in [0.717, 1.165) is 18.9 Å². The molecule has 2 N–H and O–H groups in total. The van der Waals surface area contributed by atoms with Gasteiger partial charge in [-0.15, -0.1) is 0 Å². The fraction of sp³-hybridized carbons (Fsp3) is 0.500. The third kappa shape index (κ3) is 2.27. The zero-order chi connectivity index (χ0) is 11.4. The van der Waals surface area contributed by atoms with Crippen LogP contribution in [0.15, 0.2) is 18.9 Å². The number of aryl methyl sites for hydroxylation is 1. The van der Waals surface area contributed by atoms with E-state index in [4.69, 9.17) is 0 Å². The minimum absolute atomic E-state index is 0.155. The summed E-state index contributed by atoms with van der Waals surface area (Å²) in [7, 11) is 0. The highest BCUT2D eigenvalue weighted by Crippen LogP contribution is 2.06. The molecule has 0 aliphatic carbocycles. The Hall–Kier alpha value is -1.69. The maximum Gasteiger partial charge on any atom is 0.141 e. The maximum atomic E-state index is 4.12. The summed E-state index contributed by atoms with van der Waals surface area (Å²) in [6.45, 7) is 5.86. The Kier molecular flexibility index (Phi) is 3.31. The standard InChI is InChI=1S/C10H16N6/c1-3-16-7-11-4-9(16)5-12-8(2)10-13-6-14-15-10/h4,6-8,12H,3,5H2,1-2H3,(H,13,14,15). The van der Waals surface area contributed by atoms with Crippen LogP contribution >= 0.6 is 0 Å². The topological polar surface area (TPSA) is 71.4 Å². The number of nitrogens with one attached hydrogen (secondary N) is 2. The Morgan fingerprint density at radius 1 is 1.56 bits per heavy atom. The summed E-state index contributed by atoms with van der Waals surface area (Å²) in [6, 6.07) is 0.155. The van der Waals surface area contributed by atoms with Gasteiger partial charge in [0.15, 0.2) is 0 Å². The second-order valence-corrected chi connectivity index (χ2v) is 3.64. The Bertz CT molecular complexity index is 418. The summed E-state index contributed by atoms with van der Waals surface area (Å²) < 4.78 is 2.11. The molecule has 0 aliphatic rings. The molecule has 1 unspecified atom stereocenters. The van der Waals surface area contributed by atoms with Gasteiger partial charge in [0.05, 0.1) is 18.1 Å². The van der Waals surface area contributed by atoms with Gasteiger partial charge in [-0.05, 0) is 13.8 Å². The highest BCUT2D eigenvalue weighted by atomic mass is 15.2. The van der Waals surface area contributed by atoms with Gasteiger partial charge in [0.2, 0.25) is 0 Å². The van der Waals surface area contributed by atoms with Crippen LogP contribution in [0.25, 0.3) is 0 Å². The third-order valence-corrected chi connectivity index (χ3v) is 2.57. The molecule has 0 aliphatic heterocycles. The Morgan fingerprint density at radius 3 is 3.12 bits per heavy atom. The zero-order valence-corrected chi connectivity index (χ0v) is 9.51. The van der Waals surface area contributed by atoms with Gasteiger partial charge in [-0.2, -0.15) is 5.10 Å². The van der Waals surface area contributed by atoms with Gasteiger partial charge in [0.1, 0.15) is 12.2 Å². The van der Waals surface area contributed by atoms with Crippen molar-refractivity contribution in [2.24, 2.45) is 0 Å². The number of hydrogen-bond acceptors (Lipinski definition) is 4. The first-order valence-electron chi connectivity index (χ1n) is 5.39. The van der Waals surface area contributed by atoms with Crippen LogP contribution in [0, 0.1) is 0 Å². The molecule has 0 amide bonds. The molecule has 16 heavy (non-hydrogen) atoms. The zero-order valence-electron chi connectivity index (χ0n) is 9.51. The second-order valence-electron chi connectivity index (χ2n) is 3.64. The Morgan fingerprint density at radius 2 is 2.44 bits per heavy atom. The highest BCUT2D eigenvalue weighted by molar-refractivity contribution is 4.99. The first-order valence-corrected chi connectivity index (χ1v) is 5.39. The van der Waals surface area contributed by atoms with E-state index in [1.807, 2.05) is 19.4 Å². The Balaban J connectivity index is 1.92. The van der Waals surface area contributed by atoms with Gasteiger partial charge >= 0.3 is 0 Å². The van der Waals surface area contributed by atoms with Crippen molar-refractivity contribution in [3.63, 3.8) is 0 Å². The first-order chi connectivity index (χ1) is 7.81. The lowest BCUT2D eigenvalue weighted by Gasteiger charge is -2.11. The molecule has 0 saturated heterocycles. The van der Waals surface area contributed by atoms with Gasteiger partial charge in [0.25, 0.3) is 0 Å². The van der Waals surface area contributed by atoms with Crippen LogP contribution in [0.5, 0.6) is 0 Å². The van der Waals surface area contributed by atoms with Crippen molar-refractivity contribution in [2.75, 3.05) is 0 Å². The van der Waals surface area contributed by atoms with Crippen LogP contribution < -0.4 is 5.32 Å². The minimum atomic E-state index is 0.155. The van der Waals surface area contributed by atoms with Crippen molar-refractivity contribution in [3.05, 3.63) is 30.4 Å². The van der Waals surface area contributed by atoms with Crippen molar-refractivity contribution < 1.29 is 0 Å². The molecule has 0 bridgehead atoms. The van der Waals surface area contributed by atoms with Crippen LogP contribution in [-0.4, -0.2) is 24.7 Å². The molecule has 0 aromatic carbocycles. The molecular weight excluding hydrogens is 204 g/mol. The summed E-state index contributed by atoms with van der Waals surface area (Å²) in [4.78, 5) is 8.23. The molecule has 0 radical (unpaired) electrons. The van der Waals surface area contributed by atoms with E-state index in [1.54, 1.807) is 0 Å². The lowest BCUT2D eigenvalue weighted by Crippen LogP contribution is -2.20. The summed E-state index contributed by atoms with van der Waals surface area (Å²) in [5, 5.41) is 10.0. The predicted molar refractivity (Wildman–Crippen MR) is 59.5 cm³/mol. The van der Waals surface area contributed by atoms with Crippen molar-refractivity contribution >= 4 is 0 Å². The molecule has 2 heterocycles. The average Bonchev–Trinajstić information content (AvgIpc) is 2.96. The van der Waals surface area contributed by atoms with Gasteiger partial charge in [0, 0.05) is 19.3 Å². The van der Waals surface area contributed by atoms with E-state index in [2.05, 4.69) is 37.0 Å². The molecular formula is C10H16N6. The largest absolute Gasteiger partial charge is 0.334 e. The summed E-state index contributed by atoms with van der Waals surface area (Å²) in [6.07, 6.45) is 5.24. The number of aromatic amines is 1. The molecule has 1 atom stereocenters. The summed E-state index contributed by atoms with van der Waals surface area (Å²) in [5.41, 5.74) is 1.17. The predicted octanol–water partition coefficient (Wildman–Crippen LogP) is 0.872. The van der Waals surface area contributed by atoms with Crippen molar-refractivity contribution in [2.45, 2.75) is 33.0 Å². The van der Waals surface area contributed by atoms with E-state index in [1.165, 1.54) is 12.0 Å². The van der Waals surface area contributed by atoms with E-state index < -0.39 is 0 Å². The van der Waals surface area contributed by atoms with Crippen LogP contribution in [0.4, 0.5) is 0 Å². The second kappa shape index (κ2) is 4.89. The van der Waals surface area contributed by atoms with Gasteiger partial charge in [-0.3, -0.25) is 5.10 Å². The minimum Gasteiger partial charge on any atom is -0.334 e. The smallest absolute Gasteiger partial charge is 0.141 e. The van der Waals surface area contributed by atoms with Crippen molar-refractivity contribution in [1.29, 1.82) is 0 Å². The number of imidazole rings is 1. The number of hydrogen-bond donors (Lipinski definition) is 2. The van der Waals surface area contributed by atoms with Crippen LogP contribution in [0.1, 0.15) is 31.4 Å². The van der Waals surface area contributed by atoms with E-state index in [0.29, 0.717) is 0 Å². The van der Waals surface area contributed by atoms with Crippen molar-refractivity contribution in [1.82, 2.24) is 30.0 Å². The lowest BCUT2D eigenvalue weighted by molar-refractivity contribution is 0.528. The first kappa shape index (κ1) is 10.8. The molecule has 2 aromatic rings. The molecule has 0 fully saturated rings. The maximum absolute atomic E-state index is 4.12. The van der Waals surface area contributed by atoms with Crippen molar-refractivity contribution in [3.8, 4) is 0 Å². The summed E-state index contributed by atoms with van der Waals surface area (Å²) in [5.74, 6) is 0.850. The molecule has 6 nitrogen and oxygen atoms in total. The normalized spacial score (nSPS) is 12.9. The molecule has 86 valence electrons. The van der Waals surface area contributed by atoms with E-state index in [9.17, 15) is 0 Å². The number of rotatable bonds is 5. The van der Waals surface area contributed by atoms with Crippen LogP contribution in [-0.2, 0) is 13.1 Å². The lowest BCUT2D eigenvalue weighted by atomic mass is 10.3. The molecule has 2 aromatic heterocycles. The average molecular weight is 220 g/mol. The number of nitrogens with zero attached hydrogens (tertiary/aromatic N) is 4. The fourth-order valence-electron chi connectivity index (χ4n) is 1.56. The fourth-order valence-corrected chi connectivity index (χ4v) is 1.56. The molecule has 2 rings (SSSR count). The third-order valence-electron chi connectivity index (χ3n) is 2.57. The number of H-pyrrole nitrogens is 1. The van der Waals surface area contributed by atoms with Gasteiger partial charge in [-0.25, -0.2) is 9.97 Å². The van der Waals surface area contributed by atoms with E-state index >= 15 is 0 Å². The van der Waals surface area contributed by atoms with E-state index in [-0.39, 0.29) is 6.04 Å². The van der Waals surface area contributed by atoms with Gasteiger partial charge < -0.3 is 9.88 Å². The van der Waals surface area contributed by atoms with Crippen LogP contribution in [0.2, 0.25) is 0 Å². The Labute approximate surface area is 94.1 Å². The summed E-state index contributed by atoms with van der Waals surface area (Å²) >= 11 is 0. The molecule has 6 heteroatoms. The quantitative estimate of drug-likeness (QED) is 0.784. The van der Waals surface area contributed by atoms with Gasteiger partial charge in [-0.1, -0.05) is 0 Å². The SMILES string of the molecule is CCn1cncc1CNC(C)c1ncn[nH]1. The number of aromatic nitrogens is 5. The van der Waals surface area contributed by atoms with Crippen LogP contribution in [0.3, 0.4) is 0 Å². The molecule has 0 spiro atoms.